The largest absolute Gasteiger partial charge is 0.298 e. The zero-order chi connectivity index (χ0) is 16.6. The lowest BCUT2D eigenvalue weighted by Gasteiger charge is -2.14. The molecule has 0 atom stereocenters. The van der Waals surface area contributed by atoms with E-state index in [0.29, 0.717) is 5.56 Å². The molecule has 118 valence electrons. The van der Waals surface area contributed by atoms with E-state index in [9.17, 15) is 4.79 Å². The summed E-state index contributed by atoms with van der Waals surface area (Å²) >= 11 is 3.45. The van der Waals surface area contributed by atoms with Crippen LogP contribution in [0.5, 0.6) is 0 Å². The molecular weight excluding hydrogens is 356 g/mol. The van der Waals surface area contributed by atoms with Crippen molar-refractivity contribution in [2.75, 3.05) is 0 Å². The second-order valence-electron chi connectivity index (χ2n) is 5.65. The maximum Gasteiger partial charge on any atom is 0.158 e. The van der Waals surface area contributed by atoms with Gasteiger partial charge in [-0.25, -0.2) is 9.67 Å². The molecule has 0 fully saturated rings. The van der Waals surface area contributed by atoms with E-state index >= 15 is 0 Å². The number of aryl methyl sites for hydroxylation is 1. The highest BCUT2D eigenvalue weighted by Gasteiger charge is 2.21. The highest BCUT2D eigenvalue weighted by atomic mass is 79.9. The molecule has 0 aromatic carbocycles. The molecule has 0 radical (unpaired) electrons. The predicted octanol–water partition coefficient (Wildman–Crippen LogP) is 4.21. The molecular formula is C17H17BrN4O. The topological polar surface area (TPSA) is 60.7 Å². The van der Waals surface area contributed by atoms with Crippen molar-refractivity contribution >= 4 is 33.2 Å². The fraction of sp³-hybridized carbons (Fsp3) is 0.294. The van der Waals surface area contributed by atoms with Gasteiger partial charge in [0.25, 0.3) is 0 Å². The van der Waals surface area contributed by atoms with Crippen molar-refractivity contribution in [1.82, 2.24) is 19.7 Å². The number of nitrogens with zero attached hydrogens (tertiary/aromatic N) is 4. The van der Waals surface area contributed by atoms with Crippen LogP contribution in [0.15, 0.2) is 29.1 Å². The molecule has 0 aliphatic rings. The lowest BCUT2D eigenvalue weighted by molar-refractivity contribution is 0.112. The summed E-state index contributed by atoms with van der Waals surface area (Å²) in [4.78, 5) is 20.8. The summed E-state index contributed by atoms with van der Waals surface area (Å²) in [6.07, 6.45) is 6.15. The van der Waals surface area contributed by atoms with E-state index in [4.69, 9.17) is 4.98 Å². The maximum atomic E-state index is 11.8. The Hall–Kier alpha value is -2.08. The molecule has 0 aliphatic heterocycles. The lowest BCUT2D eigenvalue weighted by Crippen LogP contribution is -2.06. The van der Waals surface area contributed by atoms with Gasteiger partial charge in [0.05, 0.1) is 11.9 Å². The smallest absolute Gasteiger partial charge is 0.158 e. The van der Waals surface area contributed by atoms with E-state index in [1.807, 2.05) is 31.5 Å². The molecule has 3 rings (SSSR count). The summed E-state index contributed by atoms with van der Waals surface area (Å²) in [5.41, 5.74) is 3.94. The minimum absolute atomic E-state index is 0.138. The zero-order valence-electron chi connectivity index (χ0n) is 13.2. The number of halogens is 1. The van der Waals surface area contributed by atoms with Crippen LogP contribution in [0.1, 0.15) is 42.7 Å². The van der Waals surface area contributed by atoms with Gasteiger partial charge in [-0.05, 0) is 34.8 Å². The first-order valence-corrected chi connectivity index (χ1v) is 8.31. The lowest BCUT2D eigenvalue weighted by atomic mass is 9.94. The van der Waals surface area contributed by atoms with Crippen LogP contribution in [0.3, 0.4) is 0 Å². The Kier molecular flexibility index (Phi) is 4.26. The molecule has 0 aliphatic carbocycles. The van der Waals surface area contributed by atoms with Gasteiger partial charge in [0.1, 0.15) is 0 Å². The number of pyridine rings is 2. The summed E-state index contributed by atoms with van der Waals surface area (Å²) in [6, 6.07) is 1.96. The molecule has 0 saturated heterocycles. The Balaban J connectivity index is 2.46. The average molecular weight is 373 g/mol. The Morgan fingerprint density at radius 2 is 2.09 bits per heavy atom. The summed E-state index contributed by atoms with van der Waals surface area (Å²) in [6.45, 7) is 6.83. The summed E-state index contributed by atoms with van der Waals surface area (Å²) < 4.78 is 2.72. The molecule has 0 N–H and O–H groups in total. The van der Waals surface area contributed by atoms with E-state index in [2.05, 4.69) is 26.0 Å². The minimum atomic E-state index is 0.138. The highest BCUT2D eigenvalue weighted by molar-refractivity contribution is 9.10. The molecule has 0 unspecified atom stereocenters. The number of hydrogen-bond acceptors (Lipinski definition) is 4. The van der Waals surface area contributed by atoms with E-state index in [1.165, 1.54) is 0 Å². The quantitative estimate of drug-likeness (QED) is 0.643. The fourth-order valence-electron chi connectivity index (χ4n) is 2.77. The van der Waals surface area contributed by atoms with Crippen molar-refractivity contribution in [3.63, 3.8) is 0 Å². The zero-order valence-corrected chi connectivity index (χ0v) is 14.8. The van der Waals surface area contributed by atoms with Crippen LogP contribution in [0.4, 0.5) is 0 Å². The number of aromatic nitrogens is 4. The second-order valence-corrected chi connectivity index (χ2v) is 6.56. The van der Waals surface area contributed by atoms with Gasteiger partial charge in [-0.1, -0.05) is 13.8 Å². The summed E-state index contributed by atoms with van der Waals surface area (Å²) in [5.74, 6) is 0.138. The summed E-state index contributed by atoms with van der Waals surface area (Å²) in [5, 5.41) is 5.28. The third kappa shape index (κ3) is 2.67. The number of carbonyl (C=O) groups excluding carboxylic acids is 1. The van der Waals surface area contributed by atoms with Crippen molar-refractivity contribution in [2.45, 2.75) is 33.2 Å². The van der Waals surface area contributed by atoms with Gasteiger partial charge in [-0.3, -0.25) is 9.78 Å². The van der Waals surface area contributed by atoms with Crippen LogP contribution in [0, 0.1) is 0 Å². The summed E-state index contributed by atoms with van der Waals surface area (Å²) in [7, 11) is 0. The number of aldehydes is 1. The first-order valence-electron chi connectivity index (χ1n) is 7.52. The van der Waals surface area contributed by atoms with Gasteiger partial charge >= 0.3 is 0 Å². The van der Waals surface area contributed by atoms with Gasteiger partial charge in [-0.2, -0.15) is 5.10 Å². The Morgan fingerprint density at radius 3 is 2.70 bits per heavy atom. The van der Waals surface area contributed by atoms with Crippen LogP contribution >= 0.6 is 15.9 Å². The van der Waals surface area contributed by atoms with Crippen molar-refractivity contribution in [2.24, 2.45) is 0 Å². The SMILES string of the molecule is CCn1ncc2c(-c3cncc(Br)c3)c(C=O)c(C(C)C)nc21. The van der Waals surface area contributed by atoms with Gasteiger partial charge in [0, 0.05) is 45.5 Å². The average Bonchev–Trinajstić information content (AvgIpc) is 2.95. The Bertz CT molecular complexity index is 886. The second kappa shape index (κ2) is 6.20. The minimum Gasteiger partial charge on any atom is -0.298 e. The van der Waals surface area contributed by atoms with Gasteiger partial charge in [0.2, 0.25) is 0 Å². The van der Waals surface area contributed by atoms with Gasteiger partial charge in [-0.15, -0.1) is 0 Å². The van der Waals surface area contributed by atoms with Gasteiger partial charge in [0.15, 0.2) is 11.9 Å². The monoisotopic (exact) mass is 372 g/mol. The highest BCUT2D eigenvalue weighted by Crippen LogP contribution is 2.35. The molecule has 0 amide bonds. The van der Waals surface area contributed by atoms with Crippen molar-refractivity contribution in [3.8, 4) is 11.1 Å². The molecule has 0 saturated carbocycles. The number of carbonyl (C=O) groups is 1. The molecule has 5 nitrogen and oxygen atoms in total. The Morgan fingerprint density at radius 1 is 1.30 bits per heavy atom. The van der Waals surface area contributed by atoms with Crippen LogP contribution in [0.2, 0.25) is 0 Å². The van der Waals surface area contributed by atoms with Crippen LogP contribution < -0.4 is 0 Å². The molecule has 3 heterocycles. The molecule has 23 heavy (non-hydrogen) atoms. The molecule has 6 heteroatoms. The van der Waals surface area contributed by atoms with Crippen LogP contribution in [0.25, 0.3) is 22.2 Å². The number of hydrogen-bond donors (Lipinski definition) is 0. The van der Waals surface area contributed by atoms with E-state index in [-0.39, 0.29) is 5.92 Å². The molecule has 0 bridgehead atoms. The van der Waals surface area contributed by atoms with Crippen molar-refractivity contribution in [1.29, 1.82) is 0 Å². The van der Waals surface area contributed by atoms with E-state index in [1.54, 1.807) is 18.6 Å². The normalized spacial score (nSPS) is 11.3. The van der Waals surface area contributed by atoms with Crippen LogP contribution in [-0.2, 0) is 6.54 Å². The van der Waals surface area contributed by atoms with Crippen molar-refractivity contribution in [3.05, 3.63) is 40.4 Å². The standard InChI is InChI=1S/C17H17BrN4O/c1-4-22-17-13(8-20-22)15(11-5-12(18)7-19-6-11)14(9-23)16(21-17)10(2)3/h5-10H,4H2,1-3H3. The maximum absolute atomic E-state index is 11.8. The Labute approximate surface area is 142 Å². The number of rotatable bonds is 4. The molecule has 3 aromatic heterocycles. The fourth-order valence-corrected chi connectivity index (χ4v) is 3.14. The third-order valence-corrected chi connectivity index (χ3v) is 4.24. The van der Waals surface area contributed by atoms with Gasteiger partial charge < -0.3 is 0 Å². The molecule has 0 spiro atoms. The van der Waals surface area contributed by atoms with Crippen LogP contribution in [-0.4, -0.2) is 26.0 Å². The first-order chi connectivity index (χ1) is 11.1. The van der Waals surface area contributed by atoms with Crippen molar-refractivity contribution < 1.29 is 4.79 Å². The molecule has 3 aromatic rings. The van der Waals surface area contributed by atoms with E-state index in [0.717, 1.165) is 45.2 Å². The number of fused-ring (bicyclic) bond motifs is 1. The van der Waals surface area contributed by atoms with E-state index < -0.39 is 0 Å². The third-order valence-electron chi connectivity index (χ3n) is 3.81. The first kappa shape index (κ1) is 15.8. The predicted molar refractivity (Wildman–Crippen MR) is 93.6 cm³/mol.